The van der Waals surface area contributed by atoms with E-state index in [1.54, 1.807) is 12.1 Å². The van der Waals surface area contributed by atoms with E-state index >= 15 is 0 Å². The lowest BCUT2D eigenvalue weighted by Crippen LogP contribution is -2.14. The first kappa shape index (κ1) is 23.5. The Morgan fingerprint density at radius 2 is 1.66 bits per heavy atom. The fourth-order valence-corrected chi connectivity index (χ4v) is 3.43. The lowest BCUT2D eigenvalue weighted by atomic mass is 9.97. The van der Waals surface area contributed by atoms with Crippen LogP contribution in [0.5, 0.6) is 17.2 Å². The zero-order valence-electron chi connectivity index (χ0n) is 17.8. The molecule has 35 heavy (non-hydrogen) atoms. The molecule has 0 aliphatic heterocycles. The van der Waals surface area contributed by atoms with Gasteiger partial charge in [0.2, 0.25) is 0 Å². The number of halogens is 3. The maximum absolute atomic E-state index is 13.6. The SMILES string of the molecule is O=C(O)/C=C/c1ccc(Oc2c(C(=O)c3ccccc3C(F)(F)F)cnc3cc(O)ccc23)cc1. The molecule has 0 spiro atoms. The minimum atomic E-state index is -4.75. The number of pyridine rings is 1. The number of ketones is 1. The van der Waals surface area contributed by atoms with Crippen LogP contribution < -0.4 is 4.74 Å². The van der Waals surface area contributed by atoms with Gasteiger partial charge in [0.05, 0.1) is 16.6 Å². The number of ether oxygens (including phenoxy) is 1. The summed E-state index contributed by atoms with van der Waals surface area (Å²) < 4.78 is 46.6. The number of carbonyl (C=O) groups excluding carboxylic acids is 1. The molecule has 0 saturated carbocycles. The average molecular weight is 479 g/mol. The molecule has 0 amide bonds. The van der Waals surface area contributed by atoms with Gasteiger partial charge in [-0.2, -0.15) is 13.2 Å². The van der Waals surface area contributed by atoms with Crippen LogP contribution in [0.15, 0.2) is 79.0 Å². The van der Waals surface area contributed by atoms with Gasteiger partial charge < -0.3 is 14.9 Å². The zero-order valence-corrected chi connectivity index (χ0v) is 17.8. The summed E-state index contributed by atoms with van der Waals surface area (Å²) in [7, 11) is 0. The topological polar surface area (TPSA) is 96.7 Å². The summed E-state index contributed by atoms with van der Waals surface area (Å²) in [4.78, 5) is 28.1. The summed E-state index contributed by atoms with van der Waals surface area (Å²) in [5, 5.41) is 18.8. The van der Waals surface area contributed by atoms with E-state index in [-0.39, 0.29) is 28.3 Å². The minimum absolute atomic E-state index is 0.0363. The highest BCUT2D eigenvalue weighted by Gasteiger charge is 2.35. The van der Waals surface area contributed by atoms with Crippen molar-refractivity contribution in [1.82, 2.24) is 4.98 Å². The molecule has 0 fully saturated rings. The Balaban J connectivity index is 1.82. The largest absolute Gasteiger partial charge is 0.508 e. The number of fused-ring (bicyclic) bond motifs is 1. The van der Waals surface area contributed by atoms with Gasteiger partial charge in [-0.15, -0.1) is 0 Å². The summed E-state index contributed by atoms with van der Waals surface area (Å²) >= 11 is 0. The number of aromatic nitrogens is 1. The number of aromatic hydroxyl groups is 1. The second kappa shape index (κ2) is 9.30. The number of rotatable bonds is 6. The number of nitrogens with zero attached hydrogens (tertiary/aromatic N) is 1. The van der Waals surface area contributed by atoms with Crippen molar-refractivity contribution in [3.63, 3.8) is 0 Å². The molecule has 4 rings (SSSR count). The number of phenols is 1. The van der Waals surface area contributed by atoms with E-state index in [1.165, 1.54) is 48.5 Å². The third-order valence-corrected chi connectivity index (χ3v) is 5.04. The predicted octanol–water partition coefficient (Wildman–Crippen LogP) is 6.08. The first-order valence-corrected chi connectivity index (χ1v) is 10.1. The highest BCUT2D eigenvalue weighted by Crippen LogP contribution is 2.38. The third kappa shape index (κ3) is 5.14. The van der Waals surface area contributed by atoms with Crippen molar-refractivity contribution in [3.05, 3.63) is 101 Å². The van der Waals surface area contributed by atoms with Crippen LogP contribution in [-0.2, 0) is 11.0 Å². The van der Waals surface area contributed by atoms with Crippen molar-refractivity contribution in [3.8, 4) is 17.2 Å². The van der Waals surface area contributed by atoms with Gasteiger partial charge in [-0.05, 0) is 42.0 Å². The van der Waals surface area contributed by atoms with Gasteiger partial charge in [0.1, 0.15) is 17.2 Å². The number of aliphatic carboxylic acids is 1. The quantitative estimate of drug-likeness (QED) is 0.257. The summed E-state index contributed by atoms with van der Waals surface area (Å²) in [6.07, 6.45) is -1.30. The van der Waals surface area contributed by atoms with Crippen LogP contribution in [0.2, 0.25) is 0 Å². The highest BCUT2D eigenvalue weighted by atomic mass is 19.4. The second-order valence-corrected chi connectivity index (χ2v) is 7.42. The molecular weight excluding hydrogens is 463 g/mol. The van der Waals surface area contributed by atoms with E-state index in [0.29, 0.717) is 10.9 Å². The van der Waals surface area contributed by atoms with Gasteiger partial charge in [0, 0.05) is 29.3 Å². The molecule has 0 aliphatic carbocycles. The van der Waals surface area contributed by atoms with Crippen molar-refractivity contribution in [2.75, 3.05) is 0 Å². The number of carboxylic acids is 1. The lowest BCUT2D eigenvalue weighted by molar-refractivity contribution is -0.138. The molecule has 0 aliphatic rings. The number of alkyl halides is 3. The van der Waals surface area contributed by atoms with Crippen LogP contribution in [-0.4, -0.2) is 26.9 Å². The molecule has 1 aromatic heterocycles. The summed E-state index contributed by atoms with van der Waals surface area (Å²) in [6.45, 7) is 0. The van der Waals surface area contributed by atoms with E-state index < -0.39 is 29.1 Å². The molecule has 0 unspecified atom stereocenters. The number of benzene rings is 3. The molecule has 176 valence electrons. The van der Waals surface area contributed by atoms with Crippen molar-refractivity contribution in [1.29, 1.82) is 0 Å². The van der Waals surface area contributed by atoms with E-state index in [0.717, 1.165) is 24.4 Å². The van der Waals surface area contributed by atoms with Gasteiger partial charge in [0.15, 0.2) is 5.78 Å². The van der Waals surface area contributed by atoms with Gasteiger partial charge in [-0.25, -0.2) is 4.79 Å². The number of hydrogen-bond acceptors (Lipinski definition) is 5. The summed E-state index contributed by atoms with van der Waals surface area (Å²) in [6, 6.07) is 14.7. The van der Waals surface area contributed by atoms with Crippen LogP contribution in [0.4, 0.5) is 13.2 Å². The Bertz CT molecular complexity index is 1460. The Hall–Kier alpha value is -4.66. The van der Waals surface area contributed by atoms with Crippen molar-refractivity contribution in [2.24, 2.45) is 0 Å². The number of carboxylic acid groups (broad SMARTS) is 1. The molecule has 6 nitrogen and oxygen atoms in total. The molecule has 0 bridgehead atoms. The van der Waals surface area contributed by atoms with Crippen LogP contribution in [0.25, 0.3) is 17.0 Å². The molecule has 0 atom stereocenters. The van der Waals surface area contributed by atoms with Crippen LogP contribution in [0, 0.1) is 0 Å². The lowest BCUT2D eigenvalue weighted by Gasteiger charge is -2.16. The molecule has 2 N–H and O–H groups in total. The van der Waals surface area contributed by atoms with Gasteiger partial charge in [-0.1, -0.05) is 30.3 Å². The van der Waals surface area contributed by atoms with E-state index in [2.05, 4.69) is 4.98 Å². The average Bonchev–Trinajstić information content (AvgIpc) is 2.82. The second-order valence-electron chi connectivity index (χ2n) is 7.42. The minimum Gasteiger partial charge on any atom is -0.508 e. The fraction of sp³-hybridized carbons (Fsp3) is 0.0385. The Labute approximate surface area is 196 Å². The number of phenolic OH excluding ortho intramolecular Hbond substituents is 1. The molecule has 0 saturated heterocycles. The molecule has 0 radical (unpaired) electrons. The van der Waals surface area contributed by atoms with Crippen LogP contribution in [0.3, 0.4) is 0 Å². The third-order valence-electron chi connectivity index (χ3n) is 5.04. The maximum atomic E-state index is 13.6. The molecule has 3 aromatic carbocycles. The first-order chi connectivity index (χ1) is 16.6. The molecule has 1 heterocycles. The monoisotopic (exact) mass is 479 g/mol. The number of carbonyl (C=O) groups is 2. The van der Waals surface area contributed by atoms with E-state index in [4.69, 9.17) is 9.84 Å². The summed E-state index contributed by atoms with van der Waals surface area (Å²) in [5.41, 5.74) is -1.01. The molecular formula is C26H16F3NO5. The normalized spacial score (nSPS) is 11.6. The Morgan fingerprint density at radius 1 is 0.943 bits per heavy atom. The molecule has 9 heteroatoms. The Morgan fingerprint density at radius 3 is 2.34 bits per heavy atom. The van der Waals surface area contributed by atoms with Crippen LogP contribution >= 0.6 is 0 Å². The Kier molecular flexibility index (Phi) is 6.24. The van der Waals surface area contributed by atoms with Crippen molar-refractivity contribution < 1.29 is 37.7 Å². The van der Waals surface area contributed by atoms with E-state index in [1.807, 2.05) is 0 Å². The fourth-order valence-electron chi connectivity index (χ4n) is 3.43. The maximum Gasteiger partial charge on any atom is 0.417 e. The van der Waals surface area contributed by atoms with Gasteiger partial charge in [-0.3, -0.25) is 9.78 Å². The van der Waals surface area contributed by atoms with Crippen molar-refractivity contribution in [2.45, 2.75) is 6.18 Å². The van der Waals surface area contributed by atoms with Crippen LogP contribution in [0.1, 0.15) is 27.0 Å². The van der Waals surface area contributed by atoms with E-state index in [9.17, 15) is 27.9 Å². The van der Waals surface area contributed by atoms with Gasteiger partial charge in [0.25, 0.3) is 0 Å². The molecule has 4 aromatic rings. The van der Waals surface area contributed by atoms with Crippen molar-refractivity contribution >= 4 is 28.7 Å². The first-order valence-electron chi connectivity index (χ1n) is 10.1. The predicted molar refractivity (Wildman–Crippen MR) is 121 cm³/mol. The van der Waals surface area contributed by atoms with Gasteiger partial charge >= 0.3 is 12.1 Å². The highest BCUT2D eigenvalue weighted by molar-refractivity contribution is 6.14. The smallest absolute Gasteiger partial charge is 0.417 e. The standard InChI is InChI=1S/C26H16F3NO5/c27-26(28,29)21-4-2-1-3-18(21)24(34)20-14-30-22-13-16(31)8-11-19(22)25(20)35-17-9-5-15(6-10-17)7-12-23(32)33/h1-14,31H,(H,32,33)/b12-7+. The summed E-state index contributed by atoms with van der Waals surface area (Å²) in [5.74, 6) is -1.93. The number of hydrogen-bond donors (Lipinski definition) is 2. The zero-order chi connectivity index (χ0) is 25.2.